The fraction of sp³-hybridized carbons (Fsp3) is 0.190. The average molecular weight is 393 g/mol. The minimum absolute atomic E-state index is 0.217. The number of H-pyrrole nitrogens is 1. The number of aryl methyl sites for hydroxylation is 4. The molecule has 7 nitrogen and oxygen atoms in total. The van der Waals surface area contributed by atoms with Crippen molar-refractivity contribution in [3.8, 4) is 0 Å². The summed E-state index contributed by atoms with van der Waals surface area (Å²) in [7, 11) is 0. The Balaban J connectivity index is 1.64. The lowest BCUT2D eigenvalue weighted by Gasteiger charge is -2.12. The topological polar surface area (TPSA) is 95.8 Å². The maximum atomic E-state index is 13.9. The van der Waals surface area contributed by atoms with Gasteiger partial charge in [0, 0.05) is 23.1 Å². The number of aromatic nitrogens is 3. The Hall–Kier alpha value is -3.68. The standard InChI is InChI=1S/C21H20FN5O2/c1-10-5-14(6-11(2)17(10)22)25-20-23-9-13(4)19(27-20)24-15-7-12(3)18-16(8-15)26-21(28)29-18/h5-9H,1-4H3,(H,26,28)(H2,23,24,25,27). The number of aromatic amines is 1. The third kappa shape index (κ3) is 3.69. The number of oxazole rings is 1. The molecule has 8 heteroatoms. The van der Waals surface area contributed by atoms with E-state index in [1.165, 1.54) is 0 Å². The van der Waals surface area contributed by atoms with Crippen LogP contribution in [0.5, 0.6) is 0 Å². The predicted molar refractivity (Wildman–Crippen MR) is 111 cm³/mol. The van der Waals surface area contributed by atoms with Gasteiger partial charge in [-0.05, 0) is 68.7 Å². The molecule has 0 saturated carbocycles. The maximum absolute atomic E-state index is 13.9. The molecule has 2 aromatic heterocycles. The largest absolute Gasteiger partial charge is 0.417 e. The van der Waals surface area contributed by atoms with Crippen molar-refractivity contribution in [1.29, 1.82) is 0 Å². The van der Waals surface area contributed by atoms with Gasteiger partial charge in [-0.25, -0.2) is 14.2 Å². The van der Waals surface area contributed by atoms with Crippen LogP contribution < -0.4 is 16.4 Å². The highest BCUT2D eigenvalue weighted by atomic mass is 19.1. The van der Waals surface area contributed by atoms with Gasteiger partial charge in [-0.2, -0.15) is 4.98 Å². The zero-order valence-electron chi connectivity index (χ0n) is 16.5. The number of hydrogen-bond acceptors (Lipinski definition) is 6. The van der Waals surface area contributed by atoms with Gasteiger partial charge in [0.15, 0.2) is 5.58 Å². The molecule has 29 heavy (non-hydrogen) atoms. The summed E-state index contributed by atoms with van der Waals surface area (Å²) in [6.45, 7) is 7.19. The van der Waals surface area contributed by atoms with Gasteiger partial charge in [-0.3, -0.25) is 4.98 Å². The predicted octanol–water partition coefficient (Wildman–Crippen LogP) is 4.77. The van der Waals surface area contributed by atoms with Crippen LogP contribution in [-0.2, 0) is 0 Å². The van der Waals surface area contributed by atoms with Gasteiger partial charge in [0.05, 0.1) is 5.52 Å². The van der Waals surface area contributed by atoms with E-state index in [1.807, 2.05) is 19.9 Å². The van der Waals surface area contributed by atoms with Gasteiger partial charge in [-0.1, -0.05) is 0 Å². The second-order valence-electron chi connectivity index (χ2n) is 7.08. The van der Waals surface area contributed by atoms with E-state index in [0.717, 1.165) is 16.8 Å². The number of fused-ring (bicyclic) bond motifs is 1. The van der Waals surface area contributed by atoms with Gasteiger partial charge >= 0.3 is 5.76 Å². The summed E-state index contributed by atoms with van der Waals surface area (Å²) < 4.78 is 19.0. The minimum Gasteiger partial charge on any atom is -0.408 e. The van der Waals surface area contributed by atoms with Crippen molar-refractivity contribution in [3.63, 3.8) is 0 Å². The molecule has 0 aliphatic carbocycles. The van der Waals surface area contributed by atoms with Gasteiger partial charge in [-0.15, -0.1) is 0 Å². The van der Waals surface area contributed by atoms with Crippen molar-refractivity contribution in [2.45, 2.75) is 27.7 Å². The van der Waals surface area contributed by atoms with Gasteiger partial charge in [0.25, 0.3) is 0 Å². The van der Waals surface area contributed by atoms with Crippen molar-refractivity contribution in [3.05, 3.63) is 69.1 Å². The van der Waals surface area contributed by atoms with Crippen LogP contribution in [0.1, 0.15) is 22.3 Å². The summed E-state index contributed by atoms with van der Waals surface area (Å²) in [5.74, 6) is 0.293. The smallest absolute Gasteiger partial charge is 0.408 e. The van der Waals surface area contributed by atoms with Crippen LogP contribution in [0.15, 0.2) is 39.7 Å². The lowest BCUT2D eigenvalue weighted by molar-refractivity contribution is 0.553. The van der Waals surface area contributed by atoms with Crippen molar-refractivity contribution in [2.75, 3.05) is 10.6 Å². The average Bonchev–Trinajstić information content (AvgIpc) is 3.03. The Morgan fingerprint density at radius 2 is 1.59 bits per heavy atom. The molecule has 4 aromatic rings. The van der Waals surface area contributed by atoms with Crippen molar-refractivity contribution >= 4 is 34.2 Å². The first-order chi connectivity index (χ1) is 13.8. The van der Waals surface area contributed by atoms with E-state index >= 15 is 0 Å². The highest BCUT2D eigenvalue weighted by Crippen LogP contribution is 2.26. The van der Waals surface area contributed by atoms with Crippen LogP contribution in [0.3, 0.4) is 0 Å². The second kappa shape index (κ2) is 7.05. The molecule has 2 heterocycles. The molecule has 0 bridgehead atoms. The number of nitrogens with one attached hydrogen (secondary N) is 3. The quantitative estimate of drug-likeness (QED) is 0.462. The van der Waals surface area contributed by atoms with Crippen molar-refractivity contribution in [1.82, 2.24) is 15.0 Å². The van der Waals surface area contributed by atoms with Gasteiger partial charge < -0.3 is 15.1 Å². The highest BCUT2D eigenvalue weighted by Gasteiger charge is 2.10. The van der Waals surface area contributed by atoms with E-state index in [0.29, 0.717) is 39.7 Å². The number of anilines is 4. The van der Waals surface area contributed by atoms with Crippen LogP contribution in [0.2, 0.25) is 0 Å². The molecular weight excluding hydrogens is 373 g/mol. The van der Waals surface area contributed by atoms with Crippen LogP contribution in [0.4, 0.5) is 27.5 Å². The molecule has 148 valence electrons. The molecule has 0 amide bonds. The van der Waals surface area contributed by atoms with E-state index in [9.17, 15) is 9.18 Å². The van der Waals surface area contributed by atoms with Crippen LogP contribution in [-0.4, -0.2) is 15.0 Å². The summed E-state index contributed by atoms with van der Waals surface area (Å²) in [5.41, 5.74) is 5.39. The SMILES string of the molecule is Cc1cnc(Nc2cc(C)c(F)c(C)c2)nc1Nc1cc(C)c2oc(=O)[nH]c2c1. The third-order valence-electron chi connectivity index (χ3n) is 4.63. The first-order valence-electron chi connectivity index (χ1n) is 9.08. The molecule has 2 aromatic carbocycles. The number of halogens is 1. The van der Waals surface area contributed by atoms with Crippen LogP contribution in [0.25, 0.3) is 11.1 Å². The second-order valence-corrected chi connectivity index (χ2v) is 7.08. The molecule has 0 unspecified atom stereocenters. The number of hydrogen-bond donors (Lipinski definition) is 3. The van der Waals surface area contributed by atoms with Gasteiger partial charge in [0.2, 0.25) is 5.95 Å². The lowest BCUT2D eigenvalue weighted by Crippen LogP contribution is -2.03. The molecule has 0 aliphatic heterocycles. The number of rotatable bonds is 4. The summed E-state index contributed by atoms with van der Waals surface area (Å²) in [5, 5.41) is 6.38. The Kier molecular flexibility index (Phi) is 4.54. The van der Waals surface area contributed by atoms with E-state index < -0.39 is 5.76 Å². The molecule has 0 spiro atoms. The zero-order valence-corrected chi connectivity index (χ0v) is 16.5. The number of nitrogens with zero attached hydrogens (tertiary/aromatic N) is 2. The molecule has 0 atom stereocenters. The molecule has 4 rings (SSSR count). The monoisotopic (exact) mass is 393 g/mol. The fourth-order valence-corrected chi connectivity index (χ4v) is 3.22. The maximum Gasteiger partial charge on any atom is 0.417 e. The lowest BCUT2D eigenvalue weighted by atomic mass is 10.1. The van der Waals surface area contributed by atoms with E-state index in [-0.39, 0.29) is 5.82 Å². The Labute approximate surface area is 166 Å². The van der Waals surface area contributed by atoms with E-state index in [2.05, 4.69) is 25.6 Å². The normalized spacial score (nSPS) is 11.1. The molecule has 0 radical (unpaired) electrons. The van der Waals surface area contributed by atoms with Crippen molar-refractivity contribution < 1.29 is 8.81 Å². The Morgan fingerprint density at radius 1 is 0.931 bits per heavy atom. The fourth-order valence-electron chi connectivity index (χ4n) is 3.22. The first-order valence-corrected chi connectivity index (χ1v) is 9.08. The molecule has 0 aliphatic rings. The molecular formula is C21H20FN5O2. The Bertz CT molecular complexity index is 1270. The minimum atomic E-state index is -0.491. The summed E-state index contributed by atoms with van der Waals surface area (Å²) in [6.07, 6.45) is 1.70. The number of benzene rings is 2. The third-order valence-corrected chi connectivity index (χ3v) is 4.63. The Morgan fingerprint density at radius 3 is 2.31 bits per heavy atom. The molecule has 0 fully saturated rings. The van der Waals surface area contributed by atoms with Gasteiger partial charge in [0.1, 0.15) is 11.6 Å². The highest BCUT2D eigenvalue weighted by molar-refractivity contribution is 5.81. The van der Waals surface area contributed by atoms with Crippen molar-refractivity contribution in [2.24, 2.45) is 0 Å². The van der Waals surface area contributed by atoms with Crippen LogP contribution >= 0.6 is 0 Å². The summed E-state index contributed by atoms with van der Waals surface area (Å²) >= 11 is 0. The zero-order chi connectivity index (χ0) is 20.7. The van der Waals surface area contributed by atoms with E-state index in [1.54, 1.807) is 38.2 Å². The molecule has 0 saturated heterocycles. The first kappa shape index (κ1) is 18.7. The summed E-state index contributed by atoms with van der Waals surface area (Å²) in [4.78, 5) is 23.0. The van der Waals surface area contributed by atoms with E-state index in [4.69, 9.17) is 4.42 Å². The summed E-state index contributed by atoms with van der Waals surface area (Å²) in [6, 6.07) is 7.09. The molecule has 3 N–H and O–H groups in total. The van der Waals surface area contributed by atoms with Crippen LogP contribution in [0, 0.1) is 33.5 Å².